The van der Waals surface area contributed by atoms with Crippen molar-refractivity contribution in [1.29, 1.82) is 0 Å². The van der Waals surface area contributed by atoms with Crippen LogP contribution in [-0.4, -0.2) is 25.9 Å². The Balaban J connectivity index is 3.39. The third-order valence-electron chi connectivity index (χ3n) is 2.69. The Labute approximate surface area is 105 Å². The van der Waals surface area contributed by atoms with Gasteiger partial charge >= 0.3 is 0 Å². The average molecular weight is 289 g/mol. The van der Waals surface area contributed by atoms with Gasteiger partial charge in [-0.25, -0.2) is 0 Å². The molecule has 4 heteroatoms. The third kappa shape index (κ3) is 2.33. The van der Waals surface area contributed by atoms with Gasteiger partial charge in [-0.3, -0.25) is 0 Å². The average Bonchev–Trinajstić information content (AvgIpc) is 2.29. The Morgan fingerprint density at radius 1 is 1.31 bits per heavy atom. The fraction of sp³-hybridized carbons (Fsp3) is 0.500. The van der Waals surface area contributed by atoms with Crippen LogP contribution in [0, 0.1) is 6.92 Å². The van der Waals surface area contributed by atoms with Crippen molar-refractivity contribution in [3.8, 4) is 11.5 Å². The van der Waals surface area contributed by atoms with Crippen LogP contribution in [0.3, 0.4) is 0 Å². The Morgan fingerprint density at radius 2 is 1.88 bits per heavy atom. The maximum atomic E-state index is 9.21. The molecule has 1 aromatic carbocycles. The van der Waals surface area contributed by atoms with E-state index >= 15 is 0 Å². The predicted molar refractivity (Wildman–Crippen MR) is 67.5 cm³/mol. The van der Waals surface area contributed by atoms with Crippen LogP contribution in [-0.2, 0) is 0 Å². The summed E-state index contributed by atoms with van der Waals surface area (Å²) in [4.78, 5) is 0. The van der Waals surface area contributed by atoms with E-state index in [0.29, 0.717) is 11.5 Å². The second-order valence-corrected chi connectivity index (χ2v) is 4.58. The first-order valence-corrected chi connectivity index (χ1v) is 5.87. The largest absolute Gasteiger partial charge is 0.493 e. The van der Waals surface area contributed by atoms with Crippen molar-refractivity contribution in [3.63, 3.8) is 0 Å². The molecule has 0 aliphatic heterocycles. The van der Waals surface area contributed by atoms with Crippen LogP contribution < -0.4 is 9.47 Å². The van der Waals surface area contributed by atoms with E-state index in [2.05, 4.69) is 15.9 Å². The Morgan fingerprint density at radius 3 is 2.31 bits per heavy atom. The highest BCUT2D eigenvalue weighted by atomic mass is 79.9. The molecule has 0 aliphatic carbocycles. The number of benzene rings is 1. The van der Waals surface area contributed by atoms with Gasteiger partial charge in [0.05, 0.1) is 18.7 Å². The molecule has 0 aromatic heterocycles. The summed E-state index contributed by atoms with van der Waals surface area (Å²) in [5, 5.41) is 9.21. The summed E-state index contributed by atoms with van der Waals surface area (Å²) in [6, 6.07) is 1.97. The summed E-state index contributed by atoms with van der Waals surface area (Å²) >= 11 is 3.44. The Hall–Kier alpha value is -0.740. The molecule has 1 N–H and O–H groups in total. The first kappa shape index (κ1) is 13.3. The van der Waals surface area contributed by atoms with Gasteiger partial charge in [-0.1, -0.05) is 6.92 Å². The van der Waals surface area contributed by atoms with Crippen LogP contribution in [0.5, 0.6) is 11.5 Å². The van der Waals surface area contributed by atoms with E-state index in [1.165, 1.54) is 0 Å². The summed E-state index contributed by atoms with van der Waals surface area (Å²) in [6.45, 7) is 4.05. The molecule has 0 radical (unpaired) electrons. The van der Waals surface area contributed by atoms with E-state index in [-0.39, 0.29) is 12.5 Å². The molecule has 1 aromatic rings. The molecule has 1 rings (SSSR count). The van der Waals surface area contributed by atoms with Crippen molar-refractivity contribution < 1.29 is 14.6 Å². The molecule has 0 spiro atoms. The second kappa shape index (κ2) is 5.55. The molecular weight excluding hydrogens is 272 g/mol. The zero-order valence-electron chi connectivity index (χ0n) is 10.0. The molecule has 16 heavy (non-hydrogen) atoms. The Kier molecular flexibility index (Phi) is 4.62. The lowest BCUT2D eigenvalue weighted by atomic mass is 9.96. The molecule has 3 nitrogen and oxygen atoms in total. The predicted octanol–water partition coefficient (Wildman–Crippen LogP) is 2.87. The SMILES string of the molecule is COc1c(Br)cc(C(C)CO)c(C)c1OC. The number of methoxy groups -OCH3 is 2. The standard InChI is InChI=1S/C12H17BrO3/c1-7(6-14)9-5-10(13)12(16-4)11(15-3)8(9)2/h5,7,14H,6H2,1-4H3. The molecule has 0 fully saturated rings. The lowest BCUT2D eigenvalue weighted by Gasteiger charge is -2.18. The highest BCUT2D eigenvalue weighted by Gasteiger charge is 2.18. The molecule has 1 unspecified atom stereocenters. The van der Waals surface area contributed by atoms with Crippen molar-refractivity contribution in [2.45, 2.75) is 19.8 Å². The fourth-order valence-electron chi connectivity index (χ4n) is 1.77. The van der Waals surface area contributed by atoms with E-state index in [0.717, 1.165) is 15.6 Å². The van der Waals surface area contributed by atoms with Crippen molar-refractivity contribution in [3.05, 3.63) is 21.7 Å². The molecule has 0 bridgehead atoms. The quantitative estimate of drug-likeness (QED) is 0.926. The van der Waals surface area contributed by atoms with Gasteiger partial charge in [0.15, 0.2) is 11.5 Å². The number of hydrogen-bond donors (Lipinski definition) is 1. The minimum absolute atomic E-state index is 0.0797. The minimum Gasteiger partial charge on any atom is -0.493 e. The van der Waals surface area contributed by atoms with E-state index in [1.54, 1.807) is 14.2 Å². The highest BCUT2D eigenvalue weighted by molar-refractivity contribution is 9.10. The fourth-order valence-corrected chi connectivity index (χ4v) is 2.35. The van der Waals surface area contributed by atoms with Gasteiger partial charge in [0.2, 0.25) is 0 Å². The van der Waals surface area contributed by atoms with E-state index in [4.69, 9.17) is 9.47 Å². The maximum absolute atomic E-state index is 9.21. The number of halogens is 1. The van der Waals surface area contributed by atoms with Crippen LogP contribution in [0.1, 0.15) is 24.0 Å². The van der Waals surface area contributed by atoms with Crippen molar-refractivity contribution in [2.75, 3.05) is 20.8 Å². The summed E-state index contributed by atoms with van der Waals surface area (Å²) < 4.78 is 11.5. The van der Waals surface area contributed by atoms with Gasteiger partial charge in [-0.05, 0) is 40.0 Å². The van der Waals surface area contributed by atoms with Crippen LogP contribution in [0.2, 0.25) is 0 Å². The molecule has 0 saturated heterocycles. The first-order chi connectivity index (χ1) is 7.56. The Bertz CT molecular complexity index is 377. The lowest BCUT2D eigenvalue weighted by Crippen LogP contribution is -2.04. The first-order valence-electron chi connectivity index (χ1n) is 5.08. The van der Waals surface area contributed by atoms with Crippen molar-refractivity contribution in [1.82, 2.24) is 0 Å². The molecule has 0 amide bonds. The number of aliphatic hydroxyl groups is 1. The zero-order valence-corrected chi connectivity index (χ0v) is 11.6. The number of rotatable bonds is 4. The zero-order chi connectivity index (χ0) is 12.3. The van der Waals surface area contributed by atoms with E-state index < -0.39 is 0 Å². The maximum Gasteiger partial charge on any atom is 0.175 e. The van der Waals surface area contributed by atoms with E-state index in [1.807, 2.05) is 19.9 Å². The summed E-state index contributed by atoms with van der Waals surface area (Å²) in [7, 11) is 3.22. The van der Waals surface area contributed by atoms with Gasteiger partial charge in [0, 0.05) is 12.5 Å². The van der Waals surface area contributed by atoms with Gasteiger partial charge in [-0.15, -0.1) is 0 Å². The van der Waals surface area contributed by atoms with Gasteiger partial charge < -0.3 is 14.6 Å². The van der Waals surface area contributed by atoms with Crippen LogP contribution >= 0.6 is 15.9 Å². The van der Waals surface area contributed by atoms with Gasteiger partial charge in [0.1, 0.15) is 0 Å². The van der Waals surface area contributed by atoms with Gasteiger partial charge in [-0.2, -0.15) is 0 Å². The minimum atomic E-state index is 0.0797. The monoisotopic (exact) mass is 288 g/mol. The molecule has 90 valence electrons. The van der Waals surface area contributed by atoms with Gasteiger partial charge in [0.25, 0.3) is 0 Å². The highest BCUT2D eigenvalue weighted by Crippen LogP contribution is 2.41. The second-order valence-electron chi connectivity index (χ2n) is 3.72. The smallest absolute Gasteiger partial charge is 0.175 e. The third-order valence-corrected chi connectivity index (χ3v) is 3.28. The number of ether oxygens (including phenoxy) is 2. The van der Waals surface area contributed by atoms with Crippen LogP contribution in [0.4, 0.5) is 0 Å². The lowest BCUT2D eigenvalue weighted by molar-refractivity contribution is 0.272. The molecule has 1 atom stereocenters. The van der Waals surface area contributed by atoms with Crippen LogP contribution in [0.15, 0.2) is 10.5 Å². The molecular formula is C12H17BrO3. The molecule has 0 heterocycles. The normalized spacial score (nSPS) is 12.4. The summed E-state index contributed by atoms with van der Waals surface area (Å²) in [6.07, 6.45) is 0. The molecule has 0 saturated carbocycles. The summed E-state index contributed by atoms with van der Waals surface area (Å²) in [5.74, 6) is 1.48. The van der Waals surface area contributed by atoms with Crippen LogP contribution in [0.25, 0.3) is 0 Å². The number of hydrogen-bond acceptors (Lipinski definition) is 3. The number of aliphatic hydroxyl groups excluding tert-OH is 1. The topological polar surface area (TPSA) is 38.7 Å². The summed E-state index contributed by atoms with van der Waals surface area (Å²) in [5.41, 5.74) is 2.07. The molecule has 0 aliphatic rings. The van der Waals surface area contributed by atoms with Crippen molar-refractivity contribution >= 4 is 15.9 Å². The van der Waals surface area contributed by atoms with E-state index in [9.17, 15) is 5.11 Å². The van der Waals surface area contributed by atoms with Crippen molar-refractivity contribution in [2.24, 2.45) is 0 Å².